The lowest BCUT2D eigenvalue weighted by molar-refractivity contribution is -0.141. The minimum Gasteiger partial charge on any atom is -0.493 e. The molecule has 0 aliphatic rings. The quantitative estimate of drug-likeness (QED) is 0.566. The Hall–Kier alpha value is -3.02. The van der Waals surface area contributed by atoms with Gasteiger partial charge in [-0.15, -0.1) is 0 Å². The molecule has 2 rings (SSSR count). The molecule has 0 aliphatic carbocycles. The summed E-state index contributed by atoms with van der Waals surface area (Å²) in [5, 5.41) is 2.97. The molecular weight excluding hydrogens is 404 g/mol. The smallest absolute Gasteiger partial charge is 0.243 e. The van der Waals surface area contributed by atoms with E-state index in [-0.39, 0.29) is 17.9 Å². The largest absolute Gasteiger partial charge is 0.493 e. The van der Waals surface area contributed by atoms with E-state index >= 15 is 0 Å². The van der Waals surface area contributed by atoms with Gasteiger partial charge in [-0.1, -0.05) is 37.3 Å². The third kappa shape index (κ3) is 6.74. The topological polar surface area (TPSA) is 67.9 Å². The van der Waals surface area contributed by atoms with E-state index in [0.29, 0.717) is 37.3 Å². The molecule has 0 radical (unpaired) electrons. The number of nitrogens with zero attached hydrogens (tertiary/aromatic N) is 1. The van der Waals surface area contributed by atoms with Crippen molar-refractivity contribution < 1.29 is 19.1 Å². The van der Waals surface area contributed by atoms with Gasteiger partial charge in [0.05, 0.1) is 14.2 Å². The summed E-state index contributed by atoms with van der Waals surface area (Å²) in [6, 6.07) is 13.1. The lowest BCUT2D eigenvalue weighted by Crippen LogP contribution is -2.50. The highest BCUT2D eigenvalue weighted by atomic mass is 16.5. The zero-order valence-corrected chi connectivity index (χ0v) is 20.1. The number of ether oxygens (including phenoxy) is 2. The zero-order chi connectivity index (χ0) is 23.7. The van der Waals surface area contributed by atoms with Crippen LogP contribution in [0.3, 0.4) is 0 Å². The van der Waals surface area contributed by atoms with Crippen LogP contribution in [-0.4, -0.2) is 43.0 Å². The number of carbonyl (C=O) groups is 2. The fourth-order valence-electron chi connectivity index (χ4n) is 3.70. The average Bonchev–Trinajstić information content (AvgIpc) is 2.77. The van der Waals surface area contributed by atoms with E-state index in [2.05, 4.69) is 5.32 Å². The summed E-state index contributed by atoms with van der Waals surface area (Å²) >= 11 is 0. The maximum Gasteiger partial charge on any atom is 0.243 e. The predicted octanol–water partition coefficient (Wildman–Crippen LogP) is 4.28. The van der Waals surface area contributed by atoms with E-state index in [1.165, 1.54) is 0 Å². The van der Waals surface area contributed by atoms with Crippen molar-refractivity contribution in [2.24, 2.45) is 0 Å². The second-order valence-corrected chi connectivity index (χ2v) is 8.22. The first-order chi connectivity index (χ1) is 15.3. The van der Waals surface area contributed by atoms with Crippen molar-refractivity contribution in [3.63, 3.8) is 0 Å². The molecular formula is C26H36N2O4. The molecule has 6 heteroatoms. The number of amides is 2. The van der Waals surface area contributed by atoms with Crippen LogP contribution in [0, 0.1) is 6.92 Å². The van der Waals surface area contributed by atoms with Crippen molar-refractivity contribution >= 4 is 11.8 Å². The third-order valence-electron chi connectivity index (χ3n) is 5.49. The molecule has 174 valence electrons. The van der Waals surface area contributed by atoms with Gasteiger partial charge in [-0.3, -0.25) is 9.59 Å². The van der Waals surface area contributed by atoms with Crippen molar-refractivity contribution in [1.29, 1.82) is 0 Å². The van der Waals surface area contributed by atoms with Crippen LogP contribution in [0.15, 0.2) is 42.5 Å². The lowest BCUT2D eigenvalue weighted by atomic mass is 10.0. The highest BCUT2D eigenvalue weighted by Gasteiger charge is 2.29. The fourth-order valence-corrected chi connectivity index (χ4v) is 3.70. The number of carbonyl (C=O) groups excluding carboxylic acids is 2. The van der Waals surface area contributed by atoms with Gasteiger partial charge in [-0.25, -0.2) is 0 Å². The molecule has 0 fully saturated rings. The molecule has 6 nitrogen and oxygen atoms in total. The van der Waals surface area contributed by atoms with E-state index in [0.717, 1.165) is 16.7 Å². The molecule has 0 saturated carbocycles. The van der Waals surface area contributed by atoms with Gasteiger partial charge in [0, 0.05) is 19.0 Å². The Bertz CT molecular complexity index is 910. The molecule has 0 saturated heterocycles. The first-order valence-electron chi connectivity index (χ1n) is 11.2. The normalized spacial score (nSPS) is 11.7. The molecule has 1 N–H and O–H groups in total. The van der Waals surface area contributed by atoms with E-state index in [1.807, 2.05) is 70.2 Å². The Morgan fingerprint density at radius 1 is 1.03 bits per heavy atom. The Morgan fingerprint density at radius 2 is 1.72 bits per heavy atom. The SMILES string of the molecule is CC[C@H](C(=O)NC(C)C)N(Cc1ccccc1C)C(=O)CCc1ccc(OC)c(OC)c1. The maximum atomic E-state index is 13.4. The van der Waals surface area contributed by atoms with Crippen LogP contribution in [0.2, 0.25) is 0 Å². The monoisotopic (exact) mass is 440 g/mol. The number of hydrogen-bond acceptors (Lipinski definition) is 4. The third-order valence-corrected chi connectivity index (χ3v) is 5.49. The van der Waals surface area contributed by atoms with E-state index in [4.69, 9.17) is 9.47 Å². The van der Waals surface area contributed by atoms with Crippen LogP contribution in [0.25, 0.3) is 0 Å². The average molecular weight is 441 g/mol. The summed E-state index contributed by atoms with van der Waals surface area (Å²) in [6.07, 6.45) is 1.39. The highest BCUT2D eigenvalue weighted by molar-refractivity contribution is 5.88. The maximum absolute atomic E-state index is 13.4. The van der Waals surface area contributed by atoms with Gasteiger partial charge in [0.25, 0.3) is 0 Å². The molecule has 2 aromatic rings. The Balaban J connectivity index is 2.24. The van der Waals surface area contributed by atoms with E-state index in [1.54, 1.807) is 19.1 Å². The van der Waals surface area contributed by atoms with Gasteiger partial charge in [0.2, 0.25) is 11.8 Å². The second kappa shape index (κ2) is 12.1. The molecule has 2 amide bonds. The van der Waals surface area contributed by atoms with Gasteiger partial charge >= 0.3 is 0 Å². The Morgan fingerprint density at radius 3 is 2.31 bits per heavy atom. The molecule has 32 heavy (non-hydrogen) atoms. The predicted molar refractivity (Wildman–Crippen MR) is 127 cm³/mol. The van der Waals surface area contributed by atoms with Gasteiger partial charge in [0.1, 0.15) is 6.04 Å². The van der Waals surface area contributed by atoms with Crippen LogP contribution >= 0.6 is 0 Å². The molecule has 0 unspecified atom stereocenters. The van der Waals surface area contributed by atoms with Gasteiger partial charge in [-0.2, -0.15) is 0 Å². The van der Waals surface area contributed by atoms with Crippen LogP contribution in [-0.2, 0) is 22.6 Å². The van der Waals surface area contributed by atoms with Crippen LogP contribution in [0.4, 0.5) is 0 Å². The summed E-state index contributed by atoms with van der Waals surface area (Å²) in [4.78, 5) is 28.0. The summed E-state index contributed by atoms with van der Waals surface area (Å²) in [7, 11) is 3.19. The standard InChI is InChI=1S/C26H36N2O4/c1-7-22(26(30)27-18(2)3)28(17-21-11-9-8-10-19(21)4)25(29)15-13-20-12-14-23(31-5)24(16-20)32-6/h8-12,14,16,18,22H,7,13,15,17H2,1-6H3,(H,27,30)/t22-/m1/s1. The molecule has 1 atom stereocenters. The molecule has 2 aromatic carbocycles. The summed E-state index contributed by atoms with van der Waals surface area (Å²) in [5.74, 6) is 1.13. The number of aryl methyl sites for hydroxylation is 2. The first-order valence-corrected chi connectivity index (χ1v) is 11.2. The highest BCUT2D eigenvalue weighted by Crippen LogP contribution is 2.28. The summed E-state index contributed by atoms with van der Waals surface area (Å²) < 4.78 is 10.7. The Kier molecular flexibility index (Phi) is 9.57. The number of methoxy groups -OCH3 is 2. The van der Waals surface area contributed by atoms with Crippen molar-refractivity contribution in [2.45, 2.75) is 65.6 Å². The van der Waals surface area contributed by atoms with Crippen LogP contribution < -0.4 is 14.8 Å². The van der Waals surface area contributed by atoms with Crippen LogP contribution in [0.5, 0.6) is 11.5 Å². The number of benzene rings is 2. The fraction of sp³-hybridized carbons (Fsp3) is 0.462. The van der Waals surface area contributed by atoms with Gasteiger partial charge in [0.15, 0.2) is 11.5 Å². The number of nitrogens with one attached hydrogen (secondary N) is 1. The van der Waals surface area contributed by atoms with E-state index in [9.17, 15) is 9.59 Å². The second-order valence-electron chi connectivity index (χ2n) is 8.22. The van der Waals surface area contributed by atoms with Crippen molar-refractivity contribution in [1.82, 2.24) is 10.2 Å². The number of hydrogen-bond donors (Lipinski definition) is 1. The minimum atomic E-state index is -0.519. The summed E-state index contributed by atoms with van der Waals surface area (Å²) in [6.45, 7) is 8.22. The number of rotatable bonds is 11. The van der Waals surface area contributed by atoms with E-state index < -0.39 is 6.04 Å². The molecule has 0 aromatic heterocycles. The van der Waals surface area contributed by atoms with Crippen molar-refractivity contribution in [3.8, 4) is 11.5 Å². The Labute approximate surface area is 191 Å². The zero-order valence-electron chi connectivity index (χ0n) is 20.1. The molecule has 0 aliphatic heterocycles. The minimum absolute atomic E-state index is 0.0127. The molecule has 0 heterocycles. The van der Waals surface area contributed by atoms with Gasteiger partial charge < -0.3 is 19.7 Å². The summed E-state index contributed by atoms with van der Waals surface area (Å²) in [5.41, 5.74) is 3.12. The van der Waals surface area contributed by atoms with Gasteiger partial charge in [-0.05, 0) is 62.4 Å². The van der Waals surface area contributed by atoms with Crippen LogP contribution in [0.1, 0.15) is 50.3 Å². The first kappa shape index (κ1) is 25.2. The van der Waals surface area contributed by atoms with Crippen molar-refractivity contribution in [2.75, 3.05) is 14.2 Å². The molecule has 0 bridgehead atoms. The molecule has 0 spiro atoms. The lowest BCUT2D eigenvalue weighted by Gasteiger charge is -2.31. The van der Waals surface area contributed by atoms with Crippen molar-refractivity contribution in [3.05, 3.63) is 59.2 Å².